The van der Waals surface area contributed by atoms with Crippen molar-refractivity contribution in [2.75, 3.05) is 12.4 Å². The minimum absolute atomic E-state index is 0.0203. The molecule has 4 rings (SSSR count). The molecule has 0 unspecified atom stereocenters. The number of benzene rings is 3. The number of halogens is 1. The average molecular weight is 478 g/mol. The van der Waals surface area contributed by atoms with Gasteiger partial charge < -0.3 is 10.1 Å². The number of amides is 1. The number of carbonyl (C=O) groups excluding carboxylic acids is 2. The molecule has 8 nitrogen and oxygen atoms in total. The number of nitrogens with one attached hydrogen (secondary N) is 1. The Morgan fingerprint density at radius 3 is 2.32 bits per heavy atom. The summed E-state index contributed by atoms with van der Waals surface area (Å²) >= 11 is 5.94. The number of nitrogens with zero attached hydrogens (tertiary/aromatic N) is 2. The third-order valence-corrected chi connectivity index (χ3v) is 5.55. The van der Waals surface area contributed by atoms with Crippen LogP contribution in [0.15, 0.2) is 82.4 Å². The van der Waals surface area contributed by atoms with Gasteiger partial charge in [0.25, 0.3) is 5.56 Å². The van der Waals surface area contributed by atoms with E-state index in [4.69, 9.17) is 16.3 Å². The van der Waals surface area contributed by atoms with Crippen LogP contribution in [0.4, 0.5) is 5.69 Å². The molecule has 1 amide bonds. The van der Waals surface area contributed by atoms with Gasteiger partial charge in [-0.25, -0.2) is 9.59 Å². The second-order valence-electron chi connectivity index (χ2n) is 7.49. The maximum Gasteiger partial charge on any atom is 0.339 e. The van der Waals surface area contributed by atoms with Crippen molar-refractivity contribution in [2.24, 2.45) is 0 Å². The van der Waals surface area contributed by atoms with Crippen LogP contribution in [-0.2, 0) is 22.6 Å². The quantitative estimate of drug-likeness (QED) is 0.430. The van der Waals surface area contributed by atoms with Gasteiger partial charge >= 0.3 is 11.7 Å². The second-order valence-corrected chi connectivity index (χ2v) is 7.93. The van der Waals surface area contributed by atoms with Crippen LogP contribution < -0.4 is 16.6 Å². The van der Waals surface area contributed by atoms with Gasteiger partial charge in [0.1, 0.15) is 6.54 Å². The molecule has 1 N–H and O–H groups in total. The first kappa shape index (κ1) is 23.0. The molecule has 0 spiro atoms. The molecule has 0 fully saturated rings. The molecule has 0 aliphatic heterocycles. The molecule has 0 aliphatic rings. The van der Waals surface area contributed by atoms with Crippen molar-refractivity contribution in [3.8, 4) is 0 Å². The van der Waals surface area contributed by atoms with Gasteiger partial charge in [0.15, 0.2) is 0 Å². The number of methoxy groups -OCH3 is 1. The highest BCUT2D eigenvalue weighted by molar-refractivity contribution is 6.30. The number of esters is 1. The third kappa shape index (κ3) is 4.62. The predicted octanol–water partition coefficient (Wildman–Crippen LogP) is 3.29. The first-order valence-electron chi connectivity index (χ1n) is 10.3. The van der Waals surface area contributed by atoms with Crippen LogP contribution in [0.1, 0.15) is 15.9 Å². The first-order valence-corrected chi connectivity index (χ1v) is 10.7. The van der Waals surface area contributed by atoms with Crippen LogP contribution >= 0.6 is 11.6 Å². The zero-order chi connectivity index (χ0) is 24.2. The van der Waals surface area contributed by atoms with Crippen molar-refractivity contribution in [2.45, 2.75) is 13.1 Å². The zero-order valence-electron chi connectivity index (χ0n) is 18.2. The molecule has 0 radical (unpaired) electrons. The standard InChI is InChI=1S/C25H20ClN3O5/c1-34-24(32)18-6-2-4-8-20(18)27-22(30)15-28-21-9-5-3-7-19(21)23(31)29(25(28)33)14-16-10-12-17(26)13-11-16/h2-13H,14-15H2,1H3,(H,27,30). The maximum absolute atomic E-state index is 13.3. The lowest BCUT2D eigenvalue weighted by atomic mass is 10.2. The van der Waals surface area contributed by atoms with Crippen LogP contribution in [0.5, 0.6) is 0 Å². The van der Waals surface area contributed by atoms with Crippen molar-refractivity contribution in [1.82, 2.24) is 9.13 Å². The minimum atomic E-state index is -0.630. The van der Waals surface area contributed by atoms with Gasteiger partial charge in [0.05, 0.1) is 35.8 Å². The van der Waals surface area contributed by atoms with Gasteiger partial charge in [0, 0.05) is 5.02 Å². The van der Waals surface area contributed by atoms with E-state index in [0.29, 0.717) is 21.5 Å². The number of fused-ring (bicyclic) bond motifs is 1. The largest absolute Gasteiger partial charge is 0.465 e. The van der Waals surface area contributed by atoms with Crippen LogP contribution in [0.25, 0.3) is 10.9 Å². The number of ether oxygens (including phenoxy) is 1. The van der Waals surface area contributed by atoms with E-state index in [0.717, 1.165) is 4.57 Å². The molecule has 1 aromatic heterocycles. The van der Waals surface area contributed by atoms with Gasteiger partial charge in [0.2, 0.25) is 5.91 Å². The number of hydrogen-bond donors (Lipinski definition) is 1. The Bertz CT molecular complexity index is 1510. The SMILES string of the molecule is COC(=O)c1ccccc1NC(=O)Cn1c(=O)n(Cc2ccc(Cl)cc2)c(=O)c2ccccc21. The van der Waals surface area contributed by atoms with Crippen molar-refractivity contribution in [1.29, 1.82) is 0 Å². The van der Waals surface area contributed by atoms with Crippen molar-refractivity contribution in [3.63, 3.8) is 0 Å². The molecule has 172 valence electrons. The van der Waals surface area contributed by atoms with Crippen LogP contribution in [-0.4, -0.2) is 28.1 Å². The molecule has 0 bridgehead atoms. The summed E-state index contributed by atoms with van der Waals surface area (Å²) in [5.41, 5.74) is 0.399. The lowest BCUT2D eigenvalue weighted by Crippen LogP contribution is -2.42. The van der Waals surface area contributed by atoms with E-state index in [1.807, 2.05) is 0 Å². The third-order valence-electron chi connectivity index (χ3n) is 5.29. The van der Waals surface area contributed by atoms with Crippen molar-refractivity contribution >= 4 is 40.1 Å². The van der Waals surface area contributed by atoms with Gasteiger partial charge in [-0.1, -0.05) is 48.0 Å². The number of rotatable bonds is 6. The Morgan fingerprint density at radius 2 is 1.59 bits per heavy atom. The van der Waals surface area contributed by atoms with Gasteiger partial charge in [-0.15, -0.1) is 0 Å². The summed E-state index contributed by atoms with van der Waals surface area (Å²) in [7, 11) is 1.25. The monoisotopic (exact) mass is 477 g/mol. The number of anilines is 1. The Labute approximate surface area is 199 Å². The Morgan fingerprint density at radius 1 is 0.912 bits per heavy atom. The summed E-state index contributed by atoms with van der Waals surface area (Å²) < 4.78 is 7.08. The Hall–Kier alpha value is -4.17. The van der Waals surface area contributed by atoms with Gasteiger partial charge in [-0.2, -0.15) is 0 Å². The van der Waals surface area contributed by atoms with Crippen molar-refractivity contribution < 1.29 is 14.3 Å². The van der Waals surface area contributed by atoms with E-state index in [9.17, 15) is 19.2 Å². The van der Waals surface area contributed by atoms with E-state index in [1.54, 1.807) is 66.7 Å². The lowest BCUT2D eigenvalue weighted by molar-refractivity contribution is -0.116. The fourth-order valence-electron chi connectivity index (χ4n) is 3.65. The molecular weight excluding hydrogens is 458 g/mol. The number of hydrogen-bond acceptors (Lipinski definition) is 5. The molecule has 3 aromatic carbocycles. The number of para-hydroxylation sites is 2. The topological polar surface area (TPSA) is 99.4 Å². The van der Waals surface area contributed by atoms with E-state index < -0.39 is 23.1 Å². The summed E-state index contributed by atoms with van der Waals surface area (Å²) in [4.78, 5) is 51.3. The van der Waals surface area contributed by atoms with Gasteiger partial charge in [-0.3, -0.25) is 18.7 Å². The van der Waals surface area contributed by atoms with Crippen molar-refractivity contribution in [3.05, 3.63) is 110 Å². The van der Waals surface area contributed by atoms with Crippen LogP contribution in [0.2, 0.25) is 5.02 Å². The molecule has 4 aromatic rings. The van der Waals surface area contributed by atoms with Crippen LogP contribution in [0, 0.1) is 0 Å². The molecule has 9 heteroatoms. The lowest BCUT2D eigenvalue weighted by Gasteiger charge is -2.15. The van der Waals surface area contributed by atoms with Crippen LogP contribution in [0.3, 0.4) is 0 Å². The second kappa shape index (κ2) is 9.76. The van der Waals surface area contributed by atoms with Gasteiger partial charge in [-0.05, 0) is 42.0 Å². The molecule has 0 aliphatic carbocycles. The maximum atomic E-state index is 13.3. The molecule has 0 saturated heterocycles. The first-order chi connectivity index (χ1) is 16.4. The molecule has 1 heterocycles. The molecule has 0 saturated carbocycles. The molecule has 34 heavy (non-hydrogen) atoms. The summed E-state index contributed by atoms with van der Waals surface area (Å²) in [6, 6.07) is 19.8. The summed E-state index contributed by atoms with van der Waals surface area (Å²) in [6.07, 6.45) is 0. The normalized spacial score (nSPS) is 10.8. The Kier molecular flexibility index (Phi) is 6.60. The summed E-state index contributed by atoms with van der Waals surface area (Å²) in [6.45, 7) is -0.345. The summed E-state index contributed by atoms with van der Waals surface area (Å²) in [5.74, 6) is -1.14. The predicted molar refractivity (Wildman–Crippen MR) is 129 cm³/mol. The molecule has 0 atom stereocenters. The number of aromatic nitrogens is 2. The van der Waals surface area contributed by atoms with E-state index >= 15 is 0 Å². The minimum Gasteiger partial charge on any atom is -0.465 e. The highest BCUT2D eigenvalue weighted by Gasteiger charge is 2.18. The number of carbonyl (C=O) groups is 2. The Balaban J connectivity index is 1.73. The average Bonchev–Trinajstić information content (AvgIpc) is 2.85. The zero-order valence-corrected chi connectivity index (χ0v) is 18.9. The smallest absolute Gasteiger partial charge is 0.339 e. The van der Waals surface area contributed by atoms with E-state index in [2.05, 4.69) is 5.32 Å². The van der Waals surface area contributed by atoms with E-state index in [-0.39, 0.29) is 24.3 Å². The highest BCUT2D eigenvalue weighted by atomic mass is 35.5. The fraction of sp³-hybridized carbons (Fsp3) is 0.120. The highest BCUT2D eigenvalue weighted by Crippen LogP contribution is 2.17. The van der Waals surface area contributed by atoms with E-state index in [1.165, 1.54) is 17.7 Å². The fourth-order valence-corrected chi connectivity index (χ4v) is 3.77. The summed E-state index contributed by atoms with van der Waals surface area (Å²) in [5, 5.41) is 3.50. The molecular formula is C25H20ClN3O5.